The van der Waals surface area contributed by atoms with E-state index in [1.54, 1.807) is 45.2 Å². The van der Waals surface area contributed by atoms with Crippen molar-refractivity contribution in [1.29, 1.82) is 0 Å². The van der Waals surface area contributed by atoms with Gasteiger partial charge >= 0.3 is 5.97 Å². The molecule has 0 unspecified atom stereocenters. The lowest BCUT2D eigenvalue weighted by molar-refractivity contribution is -0.152. The molecule has 1 aromatic heterocycles. The van der Waals surface area contributed by atoms with Crippen LogP contribution in [0.2, 0.25) is 10.0 Å². The normalized spacial score (nSPS) is 14.2. The van der Waals surface area contributed by atoms with E-state index >= 15 is 0 Å². The number of aromatic nitrogens is 2. The quantitative estimate of drug-likeness (QED) is 0.230. The van der Waals surface area contributed by atoms with Crippen LogP contribution in [-0.2, 0) is 24.3 Å². The zero-order valence-electron chi connectivity index (χ0n) is 23.4. The Hall–Kier alpha value is -3.44. The van der Waals surface area contributed by atoms with Crippen LogP contribution in [0.25, 0.3) is 22.0 Å². The second-order valence-electron chi connectivity index (χ2n) is 10.8. The number of carbonyl (C=O) groups excluding carboxylic acids is 1. The number of morpholine rings is 1. The fourth-order valence-corrected chi connectivity index (χ4v) is 6.71. The molecule has 1 fully saturated rings. The van der Waals surface area contributed by atoms with Crippen molar-refractivity contribution in [2.75, 3.05) is 42.1 Å². The van der Waals surface area contributed by atoms with Gasteiger partial charge in [0.25, 0.3) is 10.0 Å². The van der Waals surface area contributed by atoms with Crippen molar-refractivity contribution < 1.29 is 22.7 Å². The van der Waals surface area contributed by atoms with Gasteiger partial charge in [-0.2, -0.15) is 0 Å². The van der Waals surface area contributed by atoms with Gasteiger partial charge in [0.05, 0.1) is 29.5 Å². The predicted molar refractivity (Wildman–Crippen MR) is 165 cm³/mol. The highest BCUT2D eigenvalue weighted by Crippen LogP contribution is 2.32. The van der Waals surface area contributed by atoms with Crippen LogP contribution in [0, 0.1) is 0 Å². The predicted octanol–water partition coefficient (Wildman–Crippen LogP) is 5.98. The maximum atomic E-state index is 13.9. The third kappa shape index (κ3) is 6.95. The summed E-state index contributed by atoms with van der Waals surface area (Å²) in [5.74, 6) is -0.0511. The number of fused-ring (bicyclic) bond motifs is 1. The summed E-state index contributed by atoms with van der Waals surface area (Å²) in [5.41, 5.74) is 1.14. The monoisotopic (exact) mass is 628 g/mol. The molecule has 12 heteroatoms. The van der Waals surface area contributed by atoms with Crippen molar-refractivity contribution in [2.24, 2.45) is 0 Å². The van der Waals surface area contributed by atoms with E-state index in [1.165, 1.54) is 18.2 Å². The topological polar surface area (TPSA) is 102 Å². The third-order valence-corrected chi connectivity index (χ3v) is 8.65. The van der Waals surface area contributed by atoms with Crippen molar-refractivity contribution in [3.05, 3.63) is 76.9 Å². The summed E-state index contributed by atoms with van der Waals surface area (Å²) in [7, 11) is -4.25. The summed E-state index contributed by atoms with van der Waals surface area (Å²) in [4.78, 5) is 24.0. The average molecular weight is 630 g/mol. The molecule has 4 aromatic rings. The van der Waals surface area contributed by atoms with Gasteiger partial charge in [-0.1, -0.05) is 41.4 Å². The van der Waals surface area contributed by atoms with E-state index in [0.29, 0.717) is 19.2 Å². The summed E-state index contributed by atoms with van der Waals surface area (Å²) in [6, 6.07) is 16.8. The van der Waals surface area contributed by atoms with Gasteiger partial charge in [-0.15, -0.1) is 0 Å². The van der Waals surface area contributed by atoms with Crippen LogP contribution in [0.15, 0.2) is 71.8 Å². The van der Waals surface area contributed by atoms with Gasteiger partial charge in [0, 0.05) is 34.9 Å². The maximum Gasteiger partial charge on any atom is 0.327 e. The molecule has 0 atom stereocenters. The Labute approximate surface area is 255 Å². The molecule has 1 aliphatic heterocycles. The molecule has 0 N–H and O–H groups in total. The second kappa shape index (κ2) is 12.0. The Bertz CT molecular complexity index is 1720. The average Bonchev–Trinajstić information content (AvgIpc) is 2.94. The highest BCUT2D eigenvalue weighted by atomic mass is 35.5. The summed E-state index contributed by atoms with van der Waals surface area (Å²) in [6.45, 7) is 7.34. The number of rotatable bonds is 7. The highest BCUT2D eigenvalue weighted by Gasteiger charge is 2.30. The second-order valence-corrected chi connectivity index (χ2v) is 13.5. The number of nitrogens with zero attached hydrogens (tertiary/aromatic N) is 4. The molecular weight excluding hydrogens is 599 g/mol. The molecule has 0 saturated carbocycles. The van der Waals surface area contributed by atoms with E-state index < -0.39 is 28.1 Å². The van der Waals surface area contributed by atoms with Gasteiger partial charge in [-0.05, 0) is 74.0 Å². The van der Waals surface area contributed by atoms with Crippen molar-refractivity contribution in [1.82, 2.24) is 9.97 Å². The molecule has 1 aliphatic rings. The lowest BCUT2D eigenvalue weighted by atomic mass is 10.0. The Morgan fingerprint density at radius 2 is 1.64 bits per heavy atom. The first-order valence-electron chi connectivity index (χ1n) is 13.3. The maximum absolute atomic E-state index is 13.9. The van der Waals surface area contributed by atoms with Gasteiger partial charge in [0.15, 0.2) is 0 Å². The molecule has 0 amide bonds. The van der Waals surface area contributed by atoms with Crippen molar-refractivity contribution in [2.45, 2.75) is 31.3 Å². The Morgan fingerprint density at radius 1 is 0.976 bits per heavy atom. The number of halogens is 2. The van der Waals surface area contributed by atoms with Crippen molar-refractivity contribution in [3.8, 4) is 11.3 Å². The summed E-state index contributed by atoms with van der Waals surface area (Å²) in [5, 5.41) is 1.95. The molecule has 42 heavy (non-hydrogen) atoms. The molecule has 220 valence electrons. The van der Waals surface area contributed by atoms with E-state index in [0.717, 1.165) is 39.4 Å². The van der Waals surface area contributed by atoms with Crippen LogP contribution in [0.4, 0.5) is 11.6 Å². The van der Waals surface area contributed by atoms with E-state index in [9.17, 15) is 13.2 Å². The van der Waals surface area contributed by atoms with E-state index in [1.807, 2.05) is 24.3 Å². The molecule has 0 aliphatic carbocycles. The van der Waals surface area contributed by atoms with Gasteiger partial charge in [0.2, 0.25) is 5.95 Å². The van der Waals surface area contributed by atoms with Gasteiger partial charge < -0.3 is 14.4 Å². The molecule has 5 rings (SSSR count). The minimum atomic E-state index is -4.25. The number of sulfonamides is 1. The number of hydrogen-bond acceptors (Lipinski definition) is 8. The fourth-order valence-electron chi connectivity index (χ4n) is 4.58. The lowest BCUT2D eigenvalue weighted by Crippen LogP contribution is -2.39. The van der Waals surface area contributed by atoms with Gasteiger partial charge in [-0.3, -0.25) is 9.10 Å². The van der Waals surface area contributed by atoms with Crippen LogP contribution in [-0.4, -0.2) is 62.8 Å². The smallest absolute Gasteiger partial charge is 0.327 e. The number of anilines is 2. The molecule has 0 radical (unpaired) electrons. The van der Waals surface area contributed by atoms with Gasteiger partial charge in [-0.25, -0.2) is 18.4 Å². The summed E-state index contributed by atoms with van der Waals surface area (Å²) in [6.07, 6.45) is 1.74. The highest BCUT2D eigenvalue weighted by molar-refractivity contribution is 7.92. The first-order chi connectivity index (χ1) is 19.9. The summed E-state index contributed by atoms with van der Waals surface area (Å²) >= 11 is 12.2. The van der Waals surface area contributed by atoms with Crippen molar-refractivity contribution in [3.63, 3.8) is 0 Å². The molecule has 0 bridgehead atoms. The SMILES string of the molecule is CC(C)(C)OC(=O)CN(c1ccc2cc(-c3ccnc(N4CCOCC4)n3)ccc2c1)S(=O)(=O)c1cc(Cl)cc(Cl)c1. The molecule has 3 aromatic carbocycles. The van der Waals surface area contributed by atoms with E-state index in [2.05, 4.69) is 9.88 Å². The van der Waals surface area contributed by atoms with Crippen LogP contribution in [0.3, 0.4) is 0 Å². The van der Waals surface area contributed by atoms with Crippen LogP contribution in [0.5, 0.6) is 0 Å². The van der Waals surface area contributed by atoms with Gasteiger partial charge in [0.1, 0.15) is 12.1 Å². The molecular formula is C30H30Cl2N4O5S. The Morgan fingerprint density at radius 3 is 2.33 bits per heavy atom. The Balaban J connectivity index is 1.51. The number of carbonyl (C=O) groups is 1. The number of benzene rings is 3. The number of ether oxygens (including phenoxy) is 2. The lowest BCUT2D eigenvalue weighted by Gasteiger charge is -2.27. The number of hydrogen-bond donors (Lipinski definition) is 0. The molecule has 9 nitrogen and oxygen atoms in total. The van der Waals surface area contributed by atoms with Crippen LogP contribution < -0.4 is 9.21 Å². The summed E-state index contributed by atoms with van der Waals surface area (Å²) < 4.78 is 39.6. The molecule has 0 spiro atoms. The number of esters is 1. The van der Waals surface area contributed by atoms with E-state index in [-0.39, 0.29) is 20.6 Å². The minimum absolute atomic E-state index is 0.140. The van der Waals surface area contributed by atoms with Crippen LogP contribution >= 0.6 is 23.2 Å². The standard InChI is InChI=1S/C30H30Cl2N4O5S/c1-30(2,3)41-28(37)19-36(42(38,39)26-17-23(31)16-24(32)18-26)25-7-6-20-14-22(5-4-21(20)15-25)27-8-9-33-29(34-27)35-10-12-40-13-11-35/h4-9,14-18H,10-13,19H2,1-3H3. The largest absolute Gasteiger partial charge is 0.459 e. The van der Waals surface area contributed by atoms with E-state index in [4.69, 9.17) is 37.7 Å². The minimum Gasteiger partial charge on any atom is -0.459 e. The molecule has 2 heterocycles. The van der Waals surface area contributed by atoms with Crippen molar-refractivity contribution >= 4 is 61.6 Å². The zero-order chi connectivity index (χ0) is 30.1. The fraction of sp³-hybridized carbons (Fsp3) is 0.300. The Kier molecular flexibility index (Phi) is 8.61. The van der Waals surface area contributed by atoms with Crippen LogP contribution in [0.1, 0.15) is 20.8 Å². The first-order valence-corrected chi connectivity index (χ1v) is 15.5. The molecule has 1 saturated heterocycles. The third-order valence-electron chi connectivity index (χ3n) is 6.46. The first kappa shape index (κ1) is 30.0. The zero-order valence-corrected chi connectivity index (χ0v) is 25.7.